The number of ketones is 1. The number of amides is 1. The summed E-state index contributed by atoms with van der Waals surface area (Å²) < 4.78 is 76.8. The van der Waals surface area contributed by atoms with Crippen molar-refractivity contribution in [2.45, 2.75) is 75.5 Å². The van der Waals surface area contributed by atoms with Crippen molar-refractivity contribution in [3.8, 4) is 11.8 Å². The highest BCUT2D eigenvalue weighted by Gasteiger charge is 2.79. The van der Waals surface area contributed by atoms with E-state index < -0.39 is 47.5 Å². The average Bonchev–Trinajstić information content (AvgIpc) is 3.31. The number of hydrogen-bond donors (Lipinski definition) is 2. The lowest BCUT2D eigenvalue weighted by Crippen LogP contribution is -2.65. The highest BCUT2D eigenvalue weighted by molar-refractivity contribution is 6.30. The molecule has 47 heavy (non-hydrogen) atoms. The van der Waals surface area contributed by atoms with Crippen molar-refractivity contribution in [2.24, 2.45) is 17.3 Å². The van der Waals surface area contributed by atoms with E-state index in [4.69, 9.17) is 16.3 Å². The summed E-state index contributed by atoms with van der Waals surface area (Å²) in [6, 6.07) is 13.5. The molecule has 5 atom stereocenters. The van der Waals surface area contributed by atoms with Gasteiger partial charge in [-0.25, -0.2) is 4.79 Å². The standard InChI is InChI=1S/C36H33ClF5NO4/c1-33-20-29(22-6-4-21(5-7-22)3-2-18-47-32(45)43-25-11-9-24(37)10-12-25)31-27-15-13-26(44)19-23(27)8-14-28(31)30(33)16-17-34(33,46)35(38,39)36(40,41)42/h4-7,9-12,19,28-30,46H,8,13-18,20H2,1H3,(H,43,45)/t28?,29-,30?,33+,34+/m1/s1. The van der Waals surface area contributed by atoms with Gasteiger partial charge in [0, 0.05) is 34.0 Å². The van der Waals surface area contributed by atoms with E-state index in [9.17, 15) is 27.9 Å². The van der Waals surface area contributed by atoms with Crippen molar-refractivity contribution >= 4 is 29.2 Å². The summed E-state index contributed by atoms with van der Waals surface area (Å²) in [4.78, 5) is 24.3. The van der Waals surface area contributed by atoms with Crippen molar-refractivity contribution in [2.75, 3.05) is 11.9 Å². The van der Waals surface area contributed by atoms with Crippen LogP contribution in [0.4, 0.5) is 32.4 Å². The highest BCUT2D eigenvalue weighted by Crippen LogP contribution is 2.70. The number of ether oxygens (including phenoxy) is 1. The van der Waals surface area contributed by atoms with Gasteiger partial charge in [0.05, 0.1) is 0 Å². The number of rotatable bonds is 4. The van der Waals surface area contributed by atoms with Gasteiger partial charge in [-0.1, -0.05) is 48.1 Å². The molecule has 6 rings (SSSR count). The normalized spacial score (nSPS) is 28.7. The number of alkyl halides is 5. The minimum absolute atomic E-state index is 0.0226. The summed E-state index contributed by atoms with van der Waals surface area (Å²) in [5.41, 5.74) is -0.275. The lowest BCUT2D eigenvalue weighted by molar-refractivity contribution is -0.362. The van der Waals surface area contributed by atoms with Crippen LogP contribution >= 0.6 is 11.6 Å². The third-order valence-corrected chi connectivity index (χ3v) is 10.9. The molecule has 1 amide bonds. The molecule has 4 aliphatic carbocycles. The van der Waals surface area contributed by atoms with Gasteiger partial charge < -0.3 is 9.84 Å². The largest absolute Gasteiger partial charge is 0.456 e. The summed E-state index contributed by atoms with van der Waals surface area (Å²) in [6.07, 6.45) is -3.79. The lowest BCUT2D eigenvalue weighted by Gasteiger charge is -2.56. The zero-order chi connectivity index (χ0) is 33.8. The zero-order valence-electron chi connectivity index (χ0n) is 25.5. The molecule has 0 heterocycles. The molecule has 2 fully saturated rings. The second-order valence-corrected chi connectivity index (χ2v) is 13.5. The third-order valence-electron chi connectivity index (χ3n) is 10.7. The molecule has 0 aliphatic heterocycles. The molecule has 2 aromatic rings. The summed E-state index contributed by atoms with van der Waals surface area (Å²) in [5.74, 6) is -1.000. The second-order valence-electron chi connectivity index (χ2n) is 13.1. The number of hydrogen-bond acceptors (Lipinski definition) is 4. The van der Waals surface area contributed by atoms with E-state index in [1.54, 1.807) is 54.6 Å². The van der Waals surface area contributed by atoms with Crippen LogP contribution in [0.3, 0.4) is 0 Å². The Morgan fingerprint density at radius 3 is 2.43 bits per heavy atom. The number of fused-ring (bicyclic) bond motifs is 4. The Labute approximate surface area is 274 Å². The SMILES string of the molecule is C[C@]12C[C@H](c3ccc(C#CCOC(=O)Nc4ccc(Cl)cc4)cc3)C3=C4CCC(=O)C=C4CCC3C1CC[C@@]2(O)C(F)(F)C(F)(F)F. The predicted molar refractivity (Wildman–Crippen MR) is 166 cm³/mol. The van der Waals surface area contributed by atoms with Crippen LogP contribution < -0.4 is 5.32 Å². The third kappa shape index (κ3) is 5.76. The van der Waals surface area contributed by atoms with E-state index in [2.05, 4.69) is 17.2 Å². The van der Waals surface area contributed by atoms with Crippen molar-refractivity contribution in [1.29, 1.82) is 0 Å². The van der Waals surface area contributed by atoms with Gasteiger partial charge in [-0.05, 0) is 110 Å². The Bertz CT molecular complexity index is 1710. The van der Waals surface area contributed by atoms with Crippen LogP contribution in [0.25, 0.3) is 0 Å². The van der Waals surface area contributed by atoms with Gasteiger partial charge in [-0.3, -0.25) is 10.1 Å². The number of halogens is 6. The summed E-state index contributed by atoms with van der Waals surface area (Å²) in [7, 11) is 0. The number of benzene rings is 2. The van der Waals surface area contributed by atoms with Crippen molar-refractivity contribution in [3.63, 3.8) is 0 Å². The molecule has 0 radical (unpaired) electrons. The van der Waals surface area contributed by atoms with Crippen LogP contribution in [0.1, 0.15) is 68.9 Å². The van der Waals surface area contributed by atoms with Gasteiger partial charge in [0.2, 0.25) is 0 Å². The molecule has 0 bridgehead atoms. The topological polar surface area (TPSA) is 75.6 Å². The van der Waals surface area contributed by atoms with E-state index in [-0.39, 0.29) is 31.1 Å². The van der Waals surface area contributed by atoms with Crippen LogP contribution in [-0.4, -0.2) is 41.3 Å². The van der Waals surface area contributed by atoms with Crippen molar-refractivity contribution in [3.05, 3.63) is 87.5 Å². The van der Waals surface area contributed by atoms with Gasteiger partial charge in [-0.15, -0.1) is 0 Å². The fourth-order valence-corrected chi connectivity index (χ4v) is 8.57. The molecule has 2 aromatic carbocycles. The molecule has 2 unspecified atom stereocenters. The molecule has 5 nitrogen and oxygen atoms in total. The molecule has 0 spiro atoms. The summed E-state index contributed by atoms with van der Waals surface area (Å²) in [6.45, 7) is 1.21. The Morgan fingerprint density at radius 1 is 1.04 bits per heavy atom. The second kappa shape index (κ2) is 12.1. The molecule has 2 saturated carbocycles. The van der Waals surface area contributed by atoms with Crippen molar-refractivity contribution < 1.29 is 41.4 Å². The Kier molecular flexibility index (Phi) is 8.54. The van der Waals surface area contributed by atoms with Gasteiger partial charge in [-0.2, -0.15) is 22.0 Å². The van der Waals surface area contributed by atoms with E-state index >= 15 is 8.78 Å². The first kappa shape index (κ1) is 33.2. The lowest BCUT2D eigenvalue weighted by atomic mass is 9.50. The average molecular weight is 674 g/mol. The maximum Gasteiger partial charge on any atom is 0.456 e. The number of aliphatic hydroxyl groups is 1. The first-order valence-electron chi connectivity index (χ1n) is 15.6. The first-order valence-corrected chi connectivity index (χ1v) is 15.9. The summed E-state index contributed by atoms with van der Waals surface area (Å²) in [5, 5.41) is 14.5. The Morgan fingerprint density at radius 2 is 1.74 bits per heavy atom. The summed E-state index contributed by atoms with van der Waals surface area (Å²) >= 11 is 5.84. The Balaban J connectivity index is 1.27. The molecular weight excluding hydrogens is 641 g/mol. The number of allylic oxidation sites excluding steroid dienone is 4. The van der Waals surface area contributed by atoms with Crippen LogP contribution in [0.5, 0.6) is 0 Å². The monoisotopic (exact) mass is 673 g/mol. The number of carbonyl (C=O) groups is 2. The highest BCUT2D eigenvalue weighted by atomic mass is 35.5. The molecule has 0 saturated heterocycles. The zero-order valence-corrected chi connectivity index (χ0v) is 26.3. The minimum atomic E-state index is -5.90. The predicted octanol–water partition coefficient (Wildman–Crippen LogP) is 8.77. The van der Waals surface area contributed by atoms with Crippen LogP contribution in [0, 0.1) is 29.1 Å². The van der Waals surface area contributed by atoms with E-state index in [0.717, 1.165) is 16.7 Å². The van der Waals surface area contributed by atoms with E-state index in [1.807, 2.05) is 0 Å². The van der Waals surface area contributed by atoms with Crippen LogP contribution in [0.15, 0.2) is 71.3 Å². The van der Waals surface area contributed by atoms with Gasteiger partial charge >= 0.3 is 18.2 Å². The van der Waals surface area contributed by atoms with Crippen molar-refractivity contribution in [1.82, 2.24) is 0 Å². The van der Waals surface area contributed by atoms with Crippen LogP contribution in [-0.2, 0) is 9.53 Å². The van der Waals surface area contributed by atoms with Crippen LogP contribution in [0.2, 0.25) is 5.02 Å². The number of anilines is 1. The maximum absolute atomic E-state index is 15.2. The molecule has 0 aromatic heterocycles. The maximum atomic E-state index is 15.2. The fraction of sp³-hybridized carbons (Fsp3) is 0.444. The molecule has 11 heteroatoms. The quantitative estimate of drug-likeness (QED) is 0.251. The molecule has 4 aliphatic rings. The number of carbonyl (C=O) groups excluding carboxylic acids is 2. The molecular formula is C36H33ClF5NO4. The van der Waals surface area contributed by atoms with Gasteiger partial charge in [0.15, 0.2) is 12.4 Å². The molecule has 248 valence electrons. The van der Waals surface area contributed by atoms with E-state index in [0.29, 0.717) is 47.5 Å². The Hall–Kier alpha value is -3.68. The minimum Gasteiger partial charge on any atom is -0.436 e. The first-order chi connectivity index (χ1) is 22.1. The van der Waals surface area contributed by atoms with Gasteiger partial charge in [0.25, 0.3) is 0 Å². The van der Waals surface area contributed by atoms with Gasteiger partial charge in [0.1, 0.15) is 5.60 Å². The van der Waals surface area contributed by atoms with E-state index in [1.165, 1.54) is 6.92 Å². The molecule has 2 N–H and O–H groups in total. The smallest absolute Gasteiger partial charge is 0.436 e. The fourth-order valence-electron chi connectivity index (χ4n) is 8.44. The number of nitrogens with one attached hydrogen (secondary N) is 1.